The number of halogens is 1. The summed E-state index contributed by atoms with van der Waals surface area (Å²) in [6.45, 7) is 4.61. The van der Waals surface area contributed by atoms with Crippen LogP contribution in [-0.2, 0) is 4.74 Å². The highest BCUT2D eigenvalue weighted by atomic mass is 19.1. The first kappa shape index (κ1) is 18.6. The number of piperidine rings is 1. The van der Waals surface area contributed by atoms with E-state index < -0.39 is 0 Å². The maximum absolute atomic E-state index is 13.0. The molecule has 0 aliphatic carbocycles. The molecule has 1 atom stereocenters. The van der Waals surface area contributed by atoms with Crippen LogP contribution in [-0.4, -0.2) is 37.6 Å². The normalized spacial score (nSPS) is 16.5. The molecular formula is C22H26FNO2. The Kier molecular flexibility index (Phi) is 6.04. The molecule has 138 valence electrons. The maximum atomic E-state index is 13.0. The lowest BCUT2D eigenvalue weighted by atomic mass is 9.86. The third kappa shape index (κ3) is 4.31. The van der Waals surface area contributed by atoms with Crippen molar-refractivity contribution in [2.45, 2.75) is 19.8 Å². The Hall–Kier alpha value is -2.20. The number of amides is 1. The van der Waals surface area contributed by atoms with Crippen LogP contribution in [0.1, 0.15) is 30.1 Å². The lowest BCUT2D eigenvalue weighted by Crippen LogP contribution is -2.40. The molecule has 1 amide bonds. The third-order valence-electron chi connectivity index (χ3n) is 5.37. The molecule has 1 aliphatic rings. The summed E-state index contributed by atoms with van der Waals surface area (Å²) in [5.41, 5.74) is 2.63. The second kappa shape index (κ2) is 8.45. The number of rotatable bonds is 5. The van der Waals surface area contributed by atoms with Gasteiger partial charge in [-0.2, -0.15) is 0 Å². The summed E-state index contributed by atoms with van der Waals surface area (Å²) >= 11 is 0. The van der Waals surface area contributed by atoms with Gasteiger partial charge in [0.25, 0.3) is 5.91 Å². The molecule has 0 N–H and O–H groups in total. The van der Waals surface area contributed by atoms with Gasteiger partial charge in [-0.3, -0.25) is 4.79 Å². The predicted octanol–water partition coefficient (Wildman–Crippen LogP) is 4.63. The minimum absolute atomic E-state index is 0.0912. The number of nitrogens with zero attached hydrogens (tertiary/aromatic N) is 1. The molecule has 2 aromatic carbocycles. The van der Waals surface area contributed by atoms with E-state index >= 15 is 0 Å². The van der Waals surface area contributed by atoms with Gasteiger partial charge in [0.15, 0.2) is 0 Å². The van der Waals surface area contributed by atoms with Gasteiger partial charge < -0.3 is 9.64 Å². The topological polar surface area (TPSA) is 29.5 Å². The first-order chi connectivity index (χ1) is 12.6. The average Bonchev–Trinajstić information content (AvgIpc) is 2.68. The highest BCUT2D eigenvalue weighted by Gasteiger charge is 2.26. The lowest BCUT2D eigenvalue weighted by molar-refractivity contribution is 0.0598. The fourth-order valence-corrected chi connectivity index (χ4v) is 3.70. The van der Waals surface area contributed by atoms with E-state index in [1.54, 1.807) is 19.2 Å². The summed E-state index contributed by atoms with van der Waals surface area (Å²) in [5.74, 6) is 1.00. The molecule has 1 aliphatic heterocycles. The van der Waals surface area contributed by atoms with Crippen LogP contribution in [0.4, 0.5) is 4.39 Å². The molecule has 1 saturated heterocycles. The average molecular weight is 355 g/mol. The summed E-state index contributed by atoms with van der Waals surface area (Å²) < 4.78 is 18.3. The van der Waals surface area contributed by atoms with Crippen molar-refractivity contribution in [3.05, 3.63) is 59.9 Å². The first-order valence-electron chi connectivity index (χ1n) is 9.22. The summed E-state index contributed by atoms with van der Waals surface area (Å²) in [6.07, 6.45) is 2.06. The van der Waals surface area contributed by atoms with Gasteiger partial charge in [-0.05, 0) is 60.1 Å². The molecule has 26 heavy (non-hydrogen) atoms. The molecule has 0 radical (unpaired) electrons. The van der Waals surface area contributed by atoms with Crippen LogP contribution < -0.4 is 0 Å². The first-order valence-corrected chi connectivity index (χ1v) is 9.22. The lowest BCUT2D eigenvalue weighted by Gasteiger charge is -2.34. The molecule has 0 aromatic heterocycles. The van der Waals surface area contributed by atoms with Crippen molar-refractivity contribution >= 4 is 5.91 Å². The standard InChI is InChI=1S/C22H26FNO2/c1-16(15-26-2)17-11-13-24(14-12-17)22(25)20-5-3-18(4-6-20)19-7-9-21(23)10-8-19/h3-10,16-17H,11-15H2,1-2H3/t16-/m1/s1. The van der Waals surface area contributed by atoms with Gasteiger partial charge in [0, 0.05) is 32.4 Å². The van der Waals surface area contributed by atoms with E-state index in [0.717, 1.165) is 43.7 Å². The minimum Gasteiger partial charge on any atom is -0.384 e. The fraction of sp³-hybridized carbons (Fsp3) is 0.409. The molecule has 0 unspecified atom stereocenters. The smallest absolute Gasteiger partial charge is 0.253 e. The van der Waals surface area contributed by atoms with E-state index in [1.807, 2.05) is 29.2 Å². The van der Waals surface area contributed by atoms with Crippen LogP contribution in [0.5, 0.6) is 0 Å². The molecule has 0 saturated carbocycles. The molecule has 1 heterocycles. The van der Waals surface area contributed by atoms with Gasteiger partial charge in [-0.1, -0.05) is 31.2 Å². The summed E-state index contributed by atoms with van der Waals surface area (Å²) in [4.78, 5) is 14.7. The Morgan fingerprint density at radius 1 is 1.08 bits per heavy atom. The minimum atomic E-state index is -0.247. The van der Waals surface area contributed by atoms with Gasteiger partial charge in [-0.25, -0.2) is 4.39 Å². The number of hydrogen-bond acceptors (Lipinski definition) is 2. The Morgan fingerprint density at radius 2 is 1.62 bits per heavy atom. The molecule has 0 bridgehead atoms. The maximum Gasteiger partial charge on any atom is 0.253 e. The number of likely N-dealkylation sites (tertiary alicyclic amines) is 1. The number of carbonyl (C=O) groups is 1. The van der Waals surface area contributed by atoms with Crippen molar-refractivity contribution in [3.63, 3.8) is 0 Å². The van der Waals surface area contributed by atoms with E-state index in [1.165, 1.54) is 12.1 Å². The van der Waals surface area contributed by atoms with Crippen molar-refractivity contribution in [2.75, 3.05) is 26.8 Å². The quantitative estimate of drug-likeness (QED) is 0.783. The van der Waals surface area contributed by atoms with E-state index in [0.29, 0.717) is 17.4 Å². The van der Waals surface area contributed by atoms with Crippen LogP contribution in [0.2, 0.25) is 0 Å². The van der Waals surface area contributed by atoms with Crippen LogP contribution in [0.3, 0.4) is 0 Å². The SMILES string of the molecule is COC[C@@H](C)C1CCN(C(=O)c2ccc(-c3ccc(F)cc3)cc2)CC1. The van der Waals surface area contributed by atoms with Crippen LogP contribution in [0, 0.1) is 17.7 Å². The van der Waals surface area contributed by atoms with Crippen LogP contribution in [0.15, 0.2) is 48.5 Å². The number of hydrogen-bond donors (Lipinski definition) is 0. The largest absolute Gasteiger partial charge is 0.384 e. The van der Waals surface area contributed by atoms with E-state index in [4.69, 9.17) is 4.74 Å². The molecule has 4 heteroatoms. The summed E-state index contributed by atoms with van der Waals surface area (Å²) in [5, 5.41) is 0. The van der Waals surface area contributed by atoms with E-state index in [9.17, 15) is 9.18 Å². The van der Waals surface area contributed by atoms with Crippen molar-refractivity contribution < 1.29 is 13.9 Å². The number of benzene rings is 2. The number of ether oxygens (including phenoxy) is 1. The van der Waals surface area contributed by atoms with Gasteiger partial charge >= 0.3 is 0 Å². The Balaban J connectivity index is 1.61. The second-order valence-corrected chi connectivity index (χ2v) is 7.15. The fourth-order valence-electron chi connectivity index (χ4n) is 3.70. The van der Waals surface area contributed by atoms with Gasteiger partial charge in [0.2, 0.25) is 0 Å². The molecule has 3 nitrogen and oxygen atoms in total. The Morgan fingerprint density at radius 3 is 2.15 bits per heavy atom. The second-order valence-electron chi connectivity index (χ2n) is 7.15. The van der Waals surface area contributed by atoms with E-state index in [2.05, 4.69) is 6.92 Å². The summed E-state index contributed by atoms with van der Waals surface area (Å²) in [7, 11) is 1.74. The Bertz CT molecular complexity index is 719. The molecular weight excluding hydrogens is 329 g/mol. The van der Waals surface area contributed by atoms with E-state index in [-0.39, 0.29) is 11.7 Å². The molecule has 3 rings (SSSR count). The van der Waals surface area contributed by atoms with Gasteiger partial charge in [0.05, 0.1) is 0 Å². The van der Waals surface area contributed by atoms with Crippen molar-refractivity contribution in [2.24, 2.45) is 11.8 Å². The van der Waals surface area contributed by atoms with Crippen molar-refractivity contribution in [1.82, 2.24) is 4.90 Å². The highest BCUT2D eigenvalue weighted by Crippen LogP contribution is 2.26. The summed E-state index contributed by atoms with van der Waals surface area (Å²) in [6, 6.07) is 14.0. The zero-order chi connectivity index (χ0) is 18.5. The van der Waals surface area contributed by atoms with Crippen LogP contribution >= 0.6 is 0 Å². The van der Waals surface area contributed by atoms with Crippen molar-refractivity contribution in [1.29, 1.82) is 0 Å². The molecule has 0 spiro atoms. The zero-order valence-electron chi connectivity index (χ0n) is 15.5. The number of carbonyl (C=O) groups excluding carboxylic acids is 1. The zero-order valence-corrected chi connectivity index (χ0v) is 15.5. The molecule has 2 aromatic rings. The van der Waals surface area contributed by atoms with Crippen LogP contribution in [0.25, 0.3) is 11.1 Å². The van der Waals surface area contributed by atoms with Gasteiger partial charge in [0.1, 0.15) is 5.82 Å². The number of methoxy groups -OCH3 is 1. The highest BCUT2D eigenvalue weighted by molar-refractivity contribution is 5.94. The van der Waals surface area contributed by atoms with Gasteiger partial charge in [-0.15, -0.1) is 0 Å². The van der Waals surface area contributed by atoms with Crippen molar-refractivity contribution in [3.8, 4) is 11.1 Å². The third-order valence-corrected chi connectivity index (χ3v) is 5.37. The Labute approximate surface area is 154 Å². The predicted molar refractivity (Wildman–Crippen MR) is 102 cm³/mol. The monoisotopic (exact) mass is 355 g/mol. The molecule has 1 fully saturated rings.